The second kappa shape index (κ2) is 16.2. The standard InChI is InChI=1S/C25H44O21/c1-39-22-16(36)12(32)19(7(3-27)41-22)45-24-18(38)14(34)21(9(5-29)43-24)46-25-17(37)13(33)20(8(4-28)42-25)44-23-15(35)11(31)10(30)6(2-26)40-23/h6-38H,2-5H2,1H3/t6-,7-,8-,9-,10+,11+,12-,13-,14-,15-,16-,17-,18-,19-,20-,21-,22-,23+,24+,25+/m1/s1. The summed E-state index contributed by atoms with van der Waals surface area (Å²) in [4.78, 5) is 0. The van der Waals surface area contributed by atoms with Crippen molar-refractivity contribution < 1.29 is 104 Å². The molecule has 46 heavy (non-hydrogen) atoms. The van der Waals surface area contributed by atoms with Crippen LogP contribution < -0.4 is 0 Å². The summed E-state index contributed by atoms with van der Waals surface area (Å²) in [7, 11) is 1.19. The molecule has 4 aliphatic heterocycles. The molecule has 0 aromatic heterocycles. The van der Waals surface area contributed by atoms with Gasteiger partial charge in [-0.1, -0.05) is 0 Å². The van der Waals surface area contributed by atoms with Gasteiger partial charge in [-0.25, -0.2) is 0 Å². The molecule has 20 atom stereocenters. The van der Waals surface area contributed by atoms with Crippen LogP contribution in [0.1, 0.15) is 0 Å². The molecular formula is C25H44O21. The zero-order chi connectivity index (χ0) is 34.0. The lowest BCUT2D eigenvalue weighted by Crippen LogP contribution is -2.67. The van der Waals surface area contributed by atoms with Crippen molar-refractivity contribution in [1.82, 2.24) is 0 Å². The van der Waals surface area contributed by atoms with Crippen LogP contribution in [0, 0.1) is 0 Å². The van der Waals surface area contributed by atoms with Gasteiger partial charge in [-0.05, 0) is 0 Å². The van der Waals surface area contributed by atoms with Gasteiger partial charge in [0.05, 0.1) is 26.4 Å². The largest absolute Gasteiger partial charge is 0.394 e. The molecule has 0 unspecified atom stereocenters. The maximum Gasteiger partial charge on any atom is 0.187 e. The fourth-order valence-electron chi connectivity index (χ4n) is 5.73. The Morgan fingerprint density at radius 3 is 0.978 bits per heavy atom. The van der Waals surface area contributed by atoms with E-state index in [1.165, 1.54) is 7.11 Å². The van der Waals surface area contributed by atoms with E-state index in [2.05, 4.69) is 0 Å². The summed E-state index contributed by atoms with van der Waals surface area (Å²) in [5, 5.41) is 133. The zero-order valence-electron chi connectivity index (χ0n) is 24.5. The molecule has 0 amide bonds. The van der Waals surface area contributed by atoms with Crippen molar-refractivity contribution in [2.45, 2.75) is 123 Å². The average molecular weight is 681 g/mol. The first-order chi connectivity index (χ1) is 21.8. The Morgan fingerprint density at radius 2 is 0.652 bits per heavy atom. The Bertz CT molecular complexity index is 926. The molecule has 0 spiro atoms. The molecule has 4 heterocycles. The van der Waals surface area contributed by atoms with E-state index < -0.39 is 149 Å². The number of methoxy groups -OCH3 is 1. The number of ether oxygens (including phenoxy) is 8. The lowest BCUT2D eigenvalue weighted by atomic mass is 9.95. The van der Waals surface area contributed by atoms with Gasteiger partial charge in [0, 0.05) is 7.11 Å². The molecule has 4 rings (SSSR count). The number of hydrogen-bond donors (Lipinski definition) is 13. The highest BCUT2D eigenvalue weighted by atomic mass is 16.8. The monoisotopic (exact) mass is 680 g/mol. The molecule has 21 heteroatoms. The molecule has 21 nitrogen and oxygen atoms in total. The number of hydrogen-bond acceptors (Lipinski definition) is 21. The van der Waals surface area contributed by atoms with Crippen LogP contribution in [0.4, 0.5) is 0 Å². The predicted octanol–water partition coefficient (Wildman–Crippen LogP) is -9.09. The van der Waals surface area contributed by atoms with Gasteiger partial charge in [-0.15, -0.1) is 0 Å². The van der Waals surface area contributed by atoms with Gasteiger partial charge < -0.3 is 104 Å². The summed E-state index contributed by atoms with van der Waals surface area (Å²) in [6, 6.07) is 0. The first kappa shape index (κ1) is 38.0. The van der Waals surface area contributed by atoms with Crippen LogP contribution in [0.15, 0.2) is 0 Å². The number of rotatable bonds is 11. The fraction of sp³-hybridized carbons (Fsp3) is 1.00. The summed E-state index contributed by atoms with van der Waals surface area (Å²) in [5.41, 5.74) is 0. The number of aliphatic hydroxyl groups is 13. The highest BCUT2D eigenvalue weighted by Crippen LogP contribution is 2.34. The van der Waals surface area contributed by atoms with Gasteiger partial charge in [-0.3, -0.25) is 0 Å². The molecule has 4 aliphatic rings. The van der Waals surface area contributed by atoms with E-state index >= 15 is 0 Å². The molecule has 13 N–H and O–H groups in total. The van der Waals surface area contributed by atoms with Gasteiger partial charge in [-0.2, -0.15) is 0 Å². The second-order valence-corrected chi connectivity index (χ2v) is 11.4. The van der Waals surface area contributed by atoms with Crippen LogP contribution in [0.5, 0.6) is 0 Å². The first-order valence-electron chi connectivity index (χ1n) is 14.5. The third-order valence-corrected chi connectivity index (χ3v) is 8.42. The van der Waals surface area contributed by atoms with Gasteiger partial charge in [0.1, 0.15) is 97.7 Å². The SMILES string of the molecule is CO[C@@H]1O[C@H](CO)[C@@H](O[C@@H]2O[C@H](CO)[C@@H](O[C@@H]3O[C@H](CO)[C@@H](O[C@@H]4O[C@H](CO)[C@H](O)[C@H](O)[C@H]4O)[C@H](O)[C@H]3O)[C@H](O)[C@H]2O)[C@H](O)[C@H]1O. The Balaban J connectivity index is 1.43. The quantitative estimate of drug-likeness (QED) is 0.0963. The van der Waals surface area contributed by atoms with Crippen molar-refractivity contribution in [1.29, 1.82) is 0 Å². The fourth-order valence-corrected chi connectivity index (χ4v) is 5.73. The minimum absolute atomic E-state index is 0.721. The third kappa shape index (κ3) is 7.50. The van der Waals surface area contributed by atoms with Gasteiger partial charge in [0.2, 0.25) is 0 Å². The molecule has 0 aliphatic carbocycles. The molecule has 0 saturated carbocycles. The molecule has 0 aromatic carbocycles. The van der Waals surface area contributed by atoms with Crippen LogP contribution in [-0.2, 0) is 37.9 Å². The van der Waals surface area contributed by atoms with E-state index in [1.54, 1.807) is 0 Å². The minimum Gasteiger partial charge on any atom is -0.394 e. The summed E-state index contributed by atoms with van der Waals surface area (Å²) in [6.45, 7) is -3.26. The Kier molecular flexibility index (Phi) is 13.4. The number of aliphatic hydroxyl groups excluding tert-OH is 13. The van der Waals surface area contributed by atoms with E-state index in [9.17, 15) is 66.4 Å². The molecule has 0 radical (unpaired) electrons. The van der Waals surface area contributed by atoms with Crippen molar-refractivity contribution >= 4 is 0 Å². The lowest BCUT2D eigenvalue weighted by molar-refractivity contribution is -0.388. The van der Waals surface area contributed by atoms with Crippen LogP contribution >= 0.6 is 0 Å². The van der Waals surface area contributed by atoms with E-state index in [-0.39, 0.29) is 0 Å². The lowest BCUT2D eigenvalue weighted by Gasteiger charge is -2.49. The second-order valence-electron chi connectivity index (χ2n) is 11.4. The van der Waals surface area contributed by atoms with Crippen molar-refractivity contribution in [3.8, 4) is 0 Å². The molecule has 4 fully saturated rings. The molecule has 270 valence electrons. The third-order valence-electron chi connectivity index (χ3n) is 8.42. The smallest absolute Gasteiger partial charge is 0.187 e. The van der Waals surface area contributed by atoms with Gasteiger partial charge in [0.25, 0.3) is 0 Å². The zero-order valence-corrected chi connectivity index (χ0v) is 24.5. The summed E-state index contributed by atoms with van der Waals surface area (Å²) in [6.07, 6.45) is -33.9. The summed E-state index contributed by atoms with van der Waals surface area (Å²) < 4.78 is 43.2. The molecule has 0 bridgehead atoms. The first-order valence-corrected chi connectivity index (χ1v) is 14.5. The summed E-state index contributed by atoms with van der Waals surface area (Å²) in [5.74, 6) is 0. The van der Waals surface area contributed by atoms with Crippen molar-refractivity contribution in [2.75, 3.05) is 33.5 Å². The molecular weight excluding hydrogens is 636 g/mol. The predicted molar refractivity (Wildman–Crippen MR) is 139 cm³/mol. The van der Waals surface area contributed by atoms with E-state index in [0.29, 0.717) is 0 Å². The van der Waals surface area contributed by atoms with Gasteiger partial charge >= 0.3 is 0 Å². The van der Waals surface area contributed by atoms with Crippen molar-refractivity contribution in [3.05, 3.63) is 0 Å². The van der Waals surface area contributed by atoms with Crippen LogP contribution in [0.25, 0.3) is 0 Å². The summed E-state index contributed by atoms with van der Waals surface area (Å²) >= 11 is 0. The van der Waals surface area contributed by atoms with Crippen molar-refractivity contribution in [2.24, 2.45) is 0 Å². The Morgan fingerprint density at radius 1 is 0.370 bits per heavy atom. The highest BCUT2D eigenvalue weighted by Gasteiger charge is 2.55. The van der Waals surface area contributed by atoms with Crippen LogP contribution in [0.2, 0.25) is 0 Å². The maximum absolute atomic E-state index is 10.9. The molecule has 4 saturated heterocycles. The van der Waals surface area contributed by atoms with Crippen LogP contribution in [-0.4, -0.2) is 223 Å². The topological polar surface area (TPSA) is 337 Å². The highest BCUT2D eigenvalue weighted by molar-refractivity contribution is 4.97. The minimum atomic E-state index is -2.01. The van der Waals surface area contributed by atoms with Crippen LogP contribution in [0.3, 0.4) is 0 Å². The van der Waals surface area contributed by atoms with E-state index in [4.69, 9.17) is 37.9 Å². The van der Waals surface area contributed by atoms with Gasteiger partial charge in [0.15, 0.2) is 25.2 Å². The Hall–Kier alpha value is -0.840. The normalized spacial score (nSPS) is 52.0. The molecule has 0 aromatic rings. The average Bonchev–Trinajstić information content (AvgIpc) is 3.05. The van der Waals surface area contributed by atoms with E-state index in [1.807, 2.05) is 0 Å². The van der Waals surface area contributed by atoms with E-state index in [0.717, 1.165) is 0 Å². The maximum atomic E-state index is 10.9. The van der Waals surface area contributed by atoms with Crippen molar-refractivity contribution in [3.63, 3.8) is 0 Å². The Labute approximate surface area is 261 Å².